The van der Waals surface area contributed by atoms with Gasteiger partial charge in [-0.05, 0) is 51.9 Å². The maximum atomic E-state index is 13.0. The van der Waals surface area contributed by atoms with E-state index in [0.717, 1.165) is 43.0 Å². The third-order valence-electron chi connectivity index (χ3n) is 6.28. The van der Waals surface area contributed by atoms with Crippen LogP contribution in [0.1, 0.15) is 32.9 Å². The normalized spacial score (nSPS) is 14.0. The molecule has 1 amide bonds. The number of hydrogen-bond acceptors (Lipinski definition) is 4. The van der Waals surface area contributed by atoms with Crippen molar-refractivity contribution in [2.45, 2.75) is 25.7 Å². The second-order valence-corrected chi connectivity index (χ2v) is 8.54. The molecular formula is C26H22F3N5O. The number of carbonyl (C=O) groups excluding carboxylic acids is 1. The molecule has 0 bridgehead atoms. The highest BCUT2D eigenvalue weighted by molar-refractivity contribution is 6.06. The van der Waals surface area contributed by atoms with Gasteiger partial charge in [0.25, 0.3) is 0 Å². The summed E-state index contributed by atoms with van der Waals surface area (Å²) in [6.07, 6.45) is -2.10. The van der Waals surface area contributed by atoms with Crippen molar-refractivity contribution in [1.82, 2.24) is 20.1 Å². The van der Waals surface area contributed by atoms with Crippen LogP contribution in [0.3, 0.4) is 0 Å². The minimum Gasteiger partial charge on any atom is -0.366 e. The second-order valence-electron chi connectivity index (χ2n) is 8.54. The number of hydrogen-bond donors (Lipinski definition) is 2. The smallest absolute Gasteiger partial charge is 0.366 e. The van der Waals surface area contributed by atoms with Gasteiger partial charge >= 0.3 is 6.18 Å². The molecule has 6 nitrogen and oxygen atoms in total. The molecule has 5 rings (SSSR count). The molecule has 0 saturated carbocycles. The highest BCUT2D eigenvalue weighted by Gasteiger charge is 2.30. The van der Waals surface area contributed by atoms with Gasteiger partial charge in [-0.2, -0.15) is 18.3 Å². The molecule has 0 aliphatic carbocycles. The molecule has 178 valence electrons. The molecule has 1 aromatic heterocycles. The molecule has 0 atom stereocenters. The van der Waals surface area contributed by atoms with E-state index in [2.05, 4.69) is 26.1 Å². The fourth-order valence-electron chi connectivity index (χ4n) is 4.57. The van der Waals surface area contributed by atoms with E-state index in [1.807, 2.05) is 18.2 Å². The average Bonchev–Trinajstić information content (AvgIpc) is 3.36. The number of nitrogens with zero attached hydrogens (tertiary/aromatic N) is 3. The molecule has 0 saturated heterocycles. The Bertz CT molecular complexity index is 1370. The Morgan fingerprint density at radius 3 is 2.37 bits per heavy atom. The number of benzene rings is 3. The monoisotopic (exact) mass is 477 g/mol. The first kappa shape index (κ1) is 22.8. The third kappa shape index (κ3) is 4.67. The summed E-state index contributed by atoms with van der Waals surface area (Å²) >= 11 is 0. The number of amides is 1. The summed E-state index contributed by atoms with van der Waals surface area (Å²) in [6, 6.07) is 16.1. The van der Waals surface area contributed by atoms with Gasteiger partial charge in [0.2, 0.25) is 5.91 Å². The molecule has 0 radical (unpaired) electrons. The predicted molar refractivity (Wildman–Crippen MR) is 125 cm³/mol. The zero-order valence-corrected chi connectivity index (χ0v) is 18.6. The Kier molecular flexibility index (Phi) is 5.86. The molecule has 9 heteroatoms. The number of halogens is 3. The van der Waals surface area contributed by atoms with E-state index in [1.54, 1.807) is 12.1 Å². The van der Waals surface area contributed by atoms with Crippen LogP contribution >= 0.6 is 0 Å². The van der Waals surface area contributed by atoms with Gasteiger partial charge in [0.1, 0.15) is 12.2 Å². The van der Waals surface area contributed by atoms with Crippen LogP contribution in [0.2, 0.25) is 0 Å². The third-order valence-corrected chi connectivity index (χ3v) is 6.28. The lowest BCUT2D eigenvalue weighted by Crippen LogP contribution is -2.30. The number of H-pyrrole nitrogens is 1. The predicted octanol–water partition coefficient (Wildman–Crippen LogP) is 4.81. The lowest BCUT2D eigenvalue weighted by molar-refractivity contribution is -0.137. The van der Waals surface area contributed by atoms with Crippen LogP contribution in [0, 0.1) is 0 Å². The Hall–Kier alpha value is -3.98. The molecule has 35 heavy (non-hydrogen) atoms. The van der Waals surface area contributed by atoms with E-state index in [9.17, 15) is 18.0 Å². The van der Waals surface area contributed by atoms with E-state index in [1.165, 1.54) is 29.6 Å². The molecule has 1 aliphatic heterocycles. The van der Waals surface area contributed by atoms with Crippen LogP contribution in [-0.4, -0.2) is 32.5 Å². The SMILES string of the molecule is NC(=O)c1c(-c2ccc(C(F)(F)F)cc2)cccc1-c1ccc2c(c1)CCN(Cc1ncn[nH]1)C2. The van der Waals surface area contributed by atoms with Gasteiger partial charge in [-0.25, -0.2) is 4.98 Å². The Balaban J connectivity index is 1.47. The van der Waals surface area contributed by atoms with Crippen LogP contribution in [0.5, 0.6) is 0 Å². The summed E-state index contributed by atoms with van der Waals surface area (Å²) in [5.41, 5.74) is 10.2. The summed E-state index contributed by atoms with van der Waals surface area (Å²) in [7, 11) is 0. The van der Waals surface area contributed by atoms with E-state index >= 15 is 0 Å². The summed E-state index contributed by atoms with van der Waals surface area (Å²) < 4.78 is 39.0. The van der Waals surface area contributed by atoms with Gasteiger partial charge in [0.15, 0.2) is 0 Å². The molecule has 4 aromatic rings. The van der Waals surface area contributed by atoms with Crippen molar-refractivity contribution in [2.24, 2.45) is 5.73 Å². The van der Waals surface area contributed by atoms with E-state index in [0.29, 0.717) is 23.2 Å². The fraction of sp³-hybridized carbons (Fsp3) is 0.192. The molecule has 3 aromatic carbocycles. The number of alkyl halides is 3. The zero-order chi connectivity index (χ0) is 24.6. The lowest BCUT2D eigenvalue weighted by Gasteiger charge is -2.28. The van der Waals surface area contributed by atoms with Gasteiger partial charge in [0.05, 0.1) is 17.7 Å². The van der Waals surface area contributed by atoms with Gasteiger partial charge in [-0.15, -0.1) is 0 Å². The topological polar surface area (TPSA) is 87.9 Å². The number of aromatic nitrogens is 3. The highest BCUT2D eigenvalue weighted by atomic mass is 19.4. The molecular weight excluding hydrogens is 455 g/mol. The summed E-state index contributed by atoms with van der Waals surface area (Å²) in [5, 5.41) is 6.78. The number of carbonyl (C=O) groups is 1. The number of nitrogens with two attached hydrogens (primary N) is 1. The van der Waals surface area contributed by atoms with Crippen molar-refractivity contribution < 1.29 is 18.0 Å². The standard InChI is InChI=1S/C26H22F3N5O/c27-26(28,29)20-8-6-16(7-9-20)21-2-1-3-22(24(21)25(30)35)18-4-5-19-13-34(11-10-17(19)12-18)14-23-31-15-32-33-23/h1-9,12,15H,10-11,13-14H2,(H2,30,35)(H,31,32,33). The second kappa shape index (κ2) is 8.99. The lowest BCUT2D eigenvalue weighted by atomic mass is 9.88. The van der Waals surface area contributed by atoms with E-state index < -0.39 is 17.6 Å². The minimum absolute atomic E-state index is 0.287. The summed E-state index contributed by atoms with van der Waals surface area (Å²) in [6.45, 7) is 2.30. The molecule has 3 N–H and O–H groups in total. The summed E-state index contributed by atoms with van der Waals surface area (Å²) in [5.74, 6) is 0.183. The number of aromatic amines is 1. The van der Waals surface area contributed by atoms with Crippen molar-refractivity contribution in [3.63, 3.8) is 0 Å². The first-order chi connectivity index (χ1) is 16.8. The van der Waals surface area contributed by atoms with Crippen molar-refractivity contribution in [3.8, 4) is 22.3 Å². The number of nitrogens with one attached hydrogen (secondary N) is 1. The molecule has 0 spiro atoms. The highest BCUT2D eigenvalue weighted by Crippen LogP contribution is 2.36. The van der Waals surface area contributed by atoms with Crippen LogP contribution in [0.4, 0.5) is 13.2 Å². The van der Waals surface area contributed by atoms with Crippen molar-refractivity contribution in [3.05, 3.63) is 95.1 Å². The zero-order valence-electron chi connectivity index (χ0n) is 18.6. The van der Waals surface area contributed by atoms with Crippen molar-refractivity contribution in [1.29, 1.82) is 0 Å². The van der Waals surface area contributed by atoms with Gasteiger partial charge in [-0.3, -0.25) is 14.8 Å². The number of fused-ring (bicyclic) bond motifs is 1. The summed E-state index contributed by atoms with van der Waals surface area (Å²) in [4.78, 5) is 19.0. The van der Waals surface area contributed by atoms with Crippen LogP contribution in [0.15, 0.2) is 67.0 Å². The maximum Gasteiger partial charge on any atom is 0.416 e. The Morgan fingerprint density at radius 2 is 1.71 bits per heavy atom. The maximum absolute atomic E-state index is 13.0. The van der Waals surface area contributed by atoms with Crippen molar-refractivity contribution >= 4 is 5.91 Å². The van der Waals surface area contributed by atoms with E-state index in [-0.39, 0.29) is 5.56 Å². The quantitative estimate of drug-likeness (QED) is 0.432. The van der Waals surface area contributed by atoms with Gasteiger partial charge < -0.3 is 5.73 Å². The van der Waals surface area contributed by atoms with Crippen LogP contribution < -0.4 is 5.73 Å². The molecule has 2 heterocycles. The largest absolute Gasteiger partial charge is 0.416 e. The first-order valence-corrected chi connectivity index (χ1v) is 11.1. The van der Waals surface area contributed by atoms with Crippen LogP contribution in [0.25, 0.3) is 22.3 Å². The van der Waals surface area contributed by atoms with Crippen molar-refractivity contribution in [2.75, 3.05) is 6.54 Å². The Labute approximate surface area is 199 Å². The molecule has 1 aliphatic rings. The van der Waals surface area contributed by atoms with Crippen LogP contribution in [-0.2, 0) is 25.7 Å². The number of rotatable bonds is 5. The molecule has 0 unspecified atom stereocenters. The van der Waals surface area contributed by atoms with Gasteiger partial charge in [0, 0.05) is 13.1 Å². The van der Waals surface area contributed by atoms with Gasteiger partial charge in [-0.1, -0.05) is 48.5 Å². The Morgan fingerprint density at radius 1 is 1.00 bits per heavy atom. The first-order valence-electron chi connectivity index (χ1n) is 11.1. The molecule has 0 fully saturated rings. The minimum atomic E-state index is -4.43. The number of primary amides is 1. The van der Waals surface area contributed by atoms with E-state index in [4.69, 9.17) is 5.73 Å². The average molecular weight is 477 g/mol. The fourth-order valence-corrected chi connectivity index (χ4v) is 4.57.